The number of allylic oxidation sites excluding steroid dienone is 4. The van der Waals surface area contributed by atoms with Crippen LogP contribution >= 0.6 is 11.6 Å². The topological polar surface area (TPSA) is 55.2 Å². The number of nitrogens with zero attached hydrogens (tertiary/aromatic N) is 3. The van der Waals surface area contributed by atoms with Crippen molar-refractivity contribution in [3.05, 3.63) is 35.3 Å². The van der Waals surface area contributed by atoms with E-state index in [-0.39, 0.29) is 10.9 Å². The quantitative estimate of drug-likeness (QED) is 0.783. The van der Waals surface area contributed by atoms with Gasteiger partial charge in [-0.05, 0) is 32.1 Å². The summed E-state index contributed by atoms with van der Waals surface area (Å²) in [5, 5.41) is 1.04. The molecule has 2 aliphatic rings. The number of imidazole rings is 1. The van der Waals surface area contributed by atoms with E-state index in [1.165, 1.54) is 0 Å². The molecule has 7 heteroatoms. The van der Waals surface area contributed by atoms with Crippen molar-refractivity contribution in [1.29, 1.82) is 0 Å². The van der Waals surface area contributed by atoms with E-state index < -0.39 is 10.0 Å². The molecule has 0 spiro atoms. The molecule has 0 radical (unpaired) electrons. The summed E-state index contributed by atoms with van der Waals surface area (Å²) >= 11 is 6.32. The maximum atomic E-state index is 12.7. The van der Waals surface area contributed by atoms with E-state index in [9.17, 15) is 8.42 Å². The van der Waals surface area contributed by atoms with Crippen LogP contribution < -0.4 is 0 Å². The van der Waals surface area contributed by atoms with Crippen LogP contribution in [-0.4, -0.2) is 35.4 Å². The third kappa shape index (κ3) is 3.25. The number of piperidine rings is 1. The molecular formula is C16H22ClN3O2S. The van der Waals surface area contributed by atoms with E-state index >= 15 is 0 Å². The lowest BCUT2D eigenvalue weighted by molar-refractivity contribution is 0.247. The van der Waals surface area contributed by atoms with Crippen molar-refractivity contribution in [2.24, 2.45) is 18.9 Å². The number of halogens is 1. The van der Waals surface area contributed by atoms with Gasteiger partial charge in [0, 0.05) is 37.3 Å². The summed E-state index contributed by atoms with van der Waals surface area (Å²) in [4.78, 5) is 4.17. The number of hydrogen-bond donors (Lipinski definition) is 0. The Hall–Kier alpha value is -1.11. The van der Waals surface area contributed by atoms with Gasteiger partial charge >= 0.3 is 0 Å². The third-order valence-corrected chi connectivity index (χ3v) is 6.98. The monoisotopic (exact) mass is 355 g/mol. The van der Waals surface area contributed by atoms with Crippen LogP contribution in [0.3, 0.4) is 0 Å². The van der Waals surface area contributed by atoms with Crippen molar-refractivity contribution >= 4 is 21.6 Å². The van der Waals surface area contributed by atoms with Crippen LogP contribution in [0.1, 0.15) is 25.1 Å². The highest BCUT2D eigenvalue weighted by atomic mass is 35.5. The van der Waals surface area contributed by atoms with Crippen LogP contribution in [-0.2, 0) is 17.1 Å². The van der Waals surface area contributed by atoms with Crippen LogP contribution in [0.2, 0.25) is 0 Å². The standard InChI is InChI=1S/C16H22ClN3O2S/c1-12-18-16(11-19(12)2)23(21,22)20-9-7-13(8-10-20)14-5-3-4-6-15(14)17/h3,5-6,11,13-14H,4,7-10H2,1-2H3. The normalized spacial score (nSPS) is 24.0. The highest BCUT2D eigenvalue weighted by Crippen LogP contribution is 2.36. The summed E-state index contributed by atoms with van der Waals surface area (Å²) in [6.07, 6.45) is 10.5. The van der Waals surface area contributed by atoms with Gasteiger partial charge in [0.05, 0.1) is 0 Å². The van der Waals surface area contributed by atoms with Crippen molar-refractivity contribution < 1.29 is 8.42 Å². The molecule has 126 valence electrons. The Balaban J connectivity index is 1.70. The average molecular weight is 356 g/mol. The summed E-state index contributed by atoms with van der Waals surface area (Å²) in [5.41, 5.74) is 0. The fourth-order valence-corrected chi connectivity index (χ4v) is 5.11. The second kappa shape index (κ2) is 6.42. The van der Waals surface area contributed by atoms with Gasteiger partial charge in [-0.2, -0.15) is 4.31 Å². The van der Waals surface area contributed by atoms with Gasteiger partial charge in [-0.25, -0.2) is 13.4 Å². The lowest BCUT2D eigenvalue weighted by Gasteiger charge is -2.34. The van der Waals surface area contributed by atoms with Crippen molar-refractivity contribution in [3.8, 4) is 0 Å². The van der Waals surface area contributed by atoms with Gasteiger partial charge in [0.1, 0.15) is 5.82 Å². The second-order valence-electron chi connectivity index (χ2n) is 6.26. The summed E-state index contributed by atoms with van der Waals surface area (Å²) in [6, 6.07) is 0. The lowest BCUT2D eigenvalue weighted by atomic mass is 9.82. The summed E-state index contributed by atoms with van der Waals surface area (Å²) in [6.45, 7) is 2.85. The zero-order valence-corrected chi connectivity index (χ0v) is 15.0. The molecule has 2 heterocycles. The largest absolute Gasteiger partial charge is 0.337 e. The molecule has 23 heavy (non-hydrogen) atoms. The van der Waals surface area contributed by atoms with Crippen molar-refractivity contribution in [1.82, 2.24) is 13.9 Å². The highest BCUT2D eigenvalue weighted by molar-refractivity contribution is 7.89. The van der Waals surface area contributed by atoms with Gasteiger partial charge in [0.15, 0.2) is 5.03 Å². The molecule has 0 aromatic carbocycles. The molecule has 0 amide bonds. The third-order valence-electron chi connectivity index (χ3n) is 4.81. The maximum Gasteiger partial charge on any atom is 0.262 e. The Morgan fingerprint density at radius 1 is 1.30 bits per heavy atom. The second-order valence-corrected chi connectivity index (χ2v) is 8.58. The Kier molecular flexibility index (Phi) is 4.67. The molecule has 5 nitrogen and oxygen atoms in total. The van der Waals surface area contributed by atoms with Crippen LogP contribution in [0.5, 0.6) is 0 Å². The zero-order chi connectivity index (χ0) is 16.6. The number of rotatable bonds is 3. The van der Waals surface area contributed by atoms with Crippen LogP contribution in [0.25, 0.3) is 0 Å². The lowest BCUT2D eigenvalue weighted by Crippen LogP contribution is -2.40. The number of aromatic nitrogens is 2. The van der Waals surface area contributed by atoms with Crippen LogP contribution in [0, 0.1) is 18.8 Å². The summed E-state index contributed by atoms with van der Waals surface area (Å²) in [7, 11) is -1.69. The van der Waals surface area contributed by atoms with Crippen LogP contribution in [0.4, 0.5) is 0 Å². The van der Waals surface area contributed by atoms with Gasteiger partial charge in [-0.15, -0.1) is 0 Å². The molecule has 0 saturated carbocycles. The molecule has 0 N–H and O–H groups in total. The highest BCUT2D eigenvalue weighted by Gasteiger charge is 2.34. The first-order chi connectivity index (χ1) is 10.9. The molecule has 1 saturated heterocycles. The summed E-state index contributed by atoms with van der Waals surface area (Å²) in [5.74, 6) is 1.35. The van der Waals surface area contributed by atoms with E-state index in [0.29, 0.717) is 24.8 Å². The van der Waals surface area contributed by atoms with Crippen LogP contribution in [0.15, 0.2) is 34.5 Å². The SMILES string of the molecule is Cc1nc(S(=O)(=O)N2CCC(C3C=CCC=C3Cl)CC2)cn1C. The van der Waals surface area contributed by atoms with E-state index in [1.54, 1.807) is 29.0 Å². The molecular weight excluding hydrogens is 334 g/mol. The first-order valence-electron chi connectivity index (χ1n) is 7.92. The minimum absolute atomic E-state index is 0.145. The van der Waals surface area contributed by atoms with E-state index in [0.717, 1.165) is 24.3 Å². The zero-order valence-electron chi connectivity index (χ0n) is 13.4. The molecule has 1 aromatic rings. The van der Waals surface area contributed by atoms with E-state index in [4.69, 9.17) is 11.6 Å². The first kappa shape index (κ1) is 16.7. The van der Waals surface area contributed by atoms with Gasteiger partial charge in [-0.3, -0.25) is 0 Å². The number of hydrogen-bond acceptors (Lipinski definition) is 3. The van der Waals surface area contributed by atoms with Crippen molar-refractivity contribution in [2.45, 2.75) is 31.2 Å². The Labute approximate surface area is 142 Å². The Morgan fingerprint density at radius 3 is 2.57 bits per heavy atom. The smallest absolute Gasteiger partial charge is 0.262 e. The minimum atomic E-state index is -3.50. The Bertz CT molecular complexity index is 724. The van der Waals surface area contributed by atoms with Crippen molar-refractivity contribution in [3.63, 3.8) is 0 Å². The number of aryl methyl sites for hydroxylation is 2. The molecule has 1 aromatic heterocycles. The van der Waals surface area contributed by atoms with Gasteiger partial charge in [-0.1, -0.05) is 29.8 Å². The van der Waals surface area contributed by atoms with Gasteiger partial charge < -0.3 is 4.57 Å². The first-order valence-corrected chi connectivity index (χ1v) is 9.73. The van der Waals surface area contributed by atoms with Gasteiger partial charge in [0.25, 0.3) is 10.0 Å². The molecule has 1 aliphatic heterocycles. The fourth-order valence-electron chi connectivity index (χ4n) is 3.27. The molecule has 1 fully saturated rings. The minimum Gasteiger partial charge on any atom is -0.337 e. The molecule has 0 bridgehead atoms. The maximum absolute atomic E-state index is 12.7. The number of sulfonamides is 1. The molecule has 1 unspecified atom stereocenters. The van der Waals surface area contributed by atoms with E-state index in [1.807, 2.05) is 6.08 Å². The molecule has 1 aliphatic carbocycles. The fraction of sp³-hybridized carbons (Fsp3) is 0.562. The predicted octanol–water partition coefficient (Wildman–Crippen LogP) is 2.83. The van der Waals surface area contributed by atoms with Crippen molar-refractivity contribution in [2.75, 3.05) is 13.1 Å². The molecule has 1 atom stereocenters. The predicted molar refractivity (Wildman–Crippen MR) is 90.6 cm³/mol. The Morgan fingerprint density at radius 2 is 2.00 bits per heavy atom. The average Bonchev–Trinajstić information content (AvgIpc) is 2.88. The van der Waals surface area contributed by atoms with Gasteiger partial charge in [0.2, 0.25) is 0 Å². The van der Waals surface area contributed by atoms with E-state index in [2.05, 4.69) is 17.1 Å². The molecule has 3 rings (SSSR count). The summed E-state index contributed by atoms with van der Waals surface area (Å²) < 4.78 is 28.7.